The van der Waals surface area contributed by atoms with Crippen LogP contribution >= 0.6 is 12.4 Å². The largest absolute Gasteiger partial charge is 0.490 e. The number of amides is 1. The number of methoxy groups -OCH3 is 1. The molecule has 0 saturated carbocycles. The topological polar surface area (TPSA) is 108 Å². The lowest BCUT2D eigenvalue weighted by Crippen LogP contribution is -2.35. The molecule has 1 aromatic rings. The molecule has 1 atom stereocenters. The maximum atomic E-state index is 11.9. The summed E-state index contributed by atoms with van der Waals surface area (Å²) in [6.45, 7) is 1.03. The fourth-order valence-electron chi connectivity index (χ4n) is 2.15. The second kappa shape index (κ2) is 7.81. The van der Waals surface area contributed by atoms with Crippen molar-refractivity contribution in [2.24, 2.45) is 5.73 Å². The van der Waals surface area contributed by atoms with Gasteiger partial charge in [-0.3, -0.25) is 14.9 Å². The Morgan fingerprint density at radius 3 is 2.82 bits per heavy atom. The predicted molar refractivity (Wildman–Crippen MR) is 81.6 cm³/mol. The van der Waals surface area contributed by atoms with Crippen LogP contribution in [0.4, 0.5) is 5.69 Å². The fourth-order valence-corrected chi connectivity index (χ4v) is 2.15. The van der Waals surface area contributed by atoms with Crippen molar-refractivity contribution in [1.82, 2.24) is 4.90 Å². The number of benzene rings is 1. The van der Waals surface area contributed by atoms with Crippen LogP contribution in [0.3, 0.4) is 0 Å². The molecule has 1 amide bonds. The van der Waals surface area contributed by atoms with Crippen molar-refractivity contribution in [2.45, 2.75) is 12.5 Å². The molecule has 1 heterocycles. The third-order valence-corrected chi connectivity index (χ3v) is 3.29. The van der Waals surface area contributed by atoms with Gasteiger partial charge in [0.2, 0.25) is 5.75 Å². The zero-order valence-electron chi connectivity index (χ0n) is 12.1. The molecule has 0 unspecified atom stereocenters. The standard InChI is InChI=1S/C13H17N3O5.ClH/c1-20-12-6-10(2-3-11(12)16(18)19)21-8-13(17)15-5-4-9(14)7-15;/h2-3,6,9H,4-5,7-8,14H2,1H3;1H/t9-;/m1./s1. The first kappa shape index (κ1) is 18.0. The van der Waals surface area contributed by atoms with Crippen molar-refractivity contribution in [3.05, 3.63) is 28.3 Å². The number of rotatable bonds is 5. The number of likely N-dealkylation sites (tertiary alicyclic amines) is 1. The predicted octanol–water partition coefficient (Wildman–Crippen LogP) is 0.964. The molecule has 1 aromatic carbocycles. The van der Waals surface area contributed by atoms with E-state index < -0.39 is 4.92 Å². The Labute approximate surface area is 133 Å². The van der Waals surface area contributed by atoms with E-state index in [2.05, 4.69) is 0 Å². The maximum absolute atomic E-state index is 11.9. The van der Waals surface area contributed by atoms with Crippen LogP contribution in [-0.4, -0.2) is 48.6 Å². The van der Waals surface area contributed by atoms with E-state index in [1.807, 2.05) is 0 Å². The van der Waals surface area contributed by atoms with Crippen LogP contribution in [0.2, 0.25) is 0 Å². The van der Waals surface area contributed by atoms with Crippen LogP contribution in [0, 0.1) is 10.1 Å². The quantitative estimate of drug-likeness (QED) is 0.636. The van der Waals surface area contributed by atoms with Crippen LogP contribution in [0.25, 0.3) is 0 Å². The van der Waals surface area contributed by atoms with Crippen molar-refractivity contribution >= 4 is 24.0 Å². The summed E-state index contributed by atoms with van der Waals surface area (Å²) >= 11 is 0. The van der Waals surface area contributed by atoms with Gasteiger partial charge >= 0.3 is 5.69 Å². The smallest absolute Gasteiger partial charge is 0.311 e. The van der Waals surface area contributed by atoms with E-state index in [4.69, 9.17) is 15.2 Å². The monoisotopic (exact) mass is 331 g/mol. The molecule has 8 nitrogen and oxygen atoms in total. The van der Waals surface area contributed by atoms with Crippen LogP contribution in [-0.2, 0) is 4.79 Å². The lowest BCUT2D eigenvalue weighted by molar-refractivity contribution is -0.385. The van der Waals surface area contributed by atoms with Crippen molar-refractivity contribution in [3.8, 4) is 11.5 Å². The van der Waals surface area contributed by atoms with Gasteiger partial charge < -0.3 is 20.1 Å². The first-order valence-corrected chi connectivity index (χ1v) is 6.50. The van der Waals surface area contributed by atoms with Gasteiger partial charge in [0.15, 0.2) is 6.61 Å². The number of hydrogen-bond donors (Lipinski definition) is 1. The van der Waals surface area contributed by atoms with Gasteiger partial charge in [-0.2, -0.15) is 0 Å². The van der Waals surface area contributed by atoms with Crippen LogP contribution < -0.4 is 15.2 Å². The summed E-state index contributed by atoms with van der Waals surface area (Å²) in [5, 5.41) is 10.8. The number of carbonyl (C=O) groups is 1. The van der Waals surface area contributed by atoms with E-state index in [0.29, 0.717) is 18.8 Å². The van der Waals surface area contributed by atoms with Crippen molar-refractivity contribution in [3.63, 3.8) is 0 Å². The van der Waals surface area contributed by atoms with Crippen LogP contribution in [0.15, 0.2) is 18.2 Å². The Morgan fingerprint density at radius 2 is 2.27 bits per heavy atom. The van der Waals surface area contributed by atoms with E-state index >= 15 is 0 Å². The van der Waals surface area contributed by atoms with Crippen LogP contribution in [0.1, 0.15) is 6.42 Å². The minimum Gasteiger partial charge on any atom is -0.490 e. The minimum absolute atomic E-state index is 0. The molecule has 2 rings (SSSR count). The second-order valence-electron chi connectivity index (χ2n) is 4.77. The van der Waals surface area contributed by atoms with Crippen molar-refractivity contribution < 1.29 is 19.2 Å². The highest BCUT2D eigenvalue weighted by Gasteiger charge is 2.24. The molecule has 0 bridgehead atoms. The summed E-state index contributed by atoms with van der Waals surface area (Å²) in [6.07, 6.45) is 0.789. The molecule has 0 spiro atoms. The van der Waals surface area contributed by atoms with E-state index in [9.17, 15) is 14.9 Å². The Kier molecular flexibility index (Phi) is 6.39. The van der Waals surface area contributed by atoms with Crippen LogP contribution in [0.5, 0.6) is 11.5 Å². The summed E-state index contributed by atoms with van der Waals surface area (Å²) in [5.41, 5.74) is 5.59. The highest BCUT2D eigenvalue weighted by molar-refractivity contribution is 5.85. The average Bonchev–Trinajstić information content (AvgIpc) is 2.90. The fraction of sp³-hybridized carbons (Fsp3) is 0.462. The van der Waals surface area contributed by atoms with Gasteiger partial charge in [0.25, 0.3) is 5.91 Å². The summed E-state index contributed by atoms with van der Waals surface area (Å²) in [4.78, 5) is 23.8. The Balaban J connectivity index is 0.00000242. The number of hydrogen-bond acceptors (Lipinski definition) is 6. The molecule has 1 fully saturated rings. The van der Waals surface area contributed by atoms with E-state index in [1.165, 1.54) is 25.3 Å². The van der Waals surface area contributed by atoms with E-state index in [1.54, 1.807) is 4.90 Å². The molecule has 122 valence electrons. The average molecular weight is 332 g/mol. The Bertz CT molecular complexity index is 554. The summed E-state index contributed by atoms with van der Waals surface area (Å²) in [6, 6.07) is 4.13. The van der Waals surface area contributed by atoms with Gasteiger partial charge in [-0.25, -0.2) is 0 Å². The first-order valence-electron chi connectivity index (χ1n) is 6.50. The van der Waals surface area contributed by atoms with Crippen molar-refractivity contribution in [1.29, 1.82) is 0 Å². The molecule has 2 N–H and O–H groups in total. The number of nitrogens with zero attached hydrogens (tertiary/aromatic N) is 2. The molecule has 22 heavy (non-hydrogen) atoms. The maximum Gasteiger partial charge on any atom is 0.311 e. The first-order chi connectivity index (χ1) is 10.0. The summed E-state index contributed by atoms with van der Waals surface area (Å²) in [5.74, 6) is 0.280. The normalized spacial score (nSPS) is 16.8. The molecular formula is C13H18ClN3O5. The van der Waals surface area contributed by atoms with Gasteiger partial charge in [-0.1, -0.05) is 0 Å². The SMILES string of the molecule is COc1cc(OCC(=O)N2CC[C@@H](N)C2)ccc1[N+](=O)[O-].Cl. The highest BCUT2D eigenvalue weighted by atomic mass is 35.5. The zero-order chi connectivity index (χ0) is 15.4. The molecule has 1 saturated heterocycles. The number of carbonyl (C=O) groups excluding carboxylic acids is 1. The Hall–Kier alpha value is -2.06. The number of nitro benzene ring substituents is 1. The van der Waals surface area contributed by atoms with E-state index in [-0.39, 0.29) is 42.4 Å². The molecule has 0 aliphatic carbocycles. The number of ether oxygens (including phenoxy) is 2. The molecule has 1 aliphatic rings. The third-order valence-electron chi connectivity index (χ3n) is 3.29. The van der Waals surface area contributed by atoms with Gasteiger partial charge in [-0.05, 0) is 12.5 Å². The van der Waals surface area contributed by atoms with Gasteiger partial charge in [-0.15, -0.1) is 12.4 Å². The second-order valence-corrected chi connectivity index (χ2v) is 4.77. The Morgan fingerprint density at radius 1 is 1.55 bits per heavy atom. The minimum atomic E-state index is -0.542. The third kappa shape index (κ3) is 4.22. The highest BCUT2D eigenvalue weighted by Crippen LogP contribution is 2.30. The number of nitro groups is 1. The van der Waals surface area contributed by atoms with E-state index in [0.717, 1.165) is 6.42 Å². The van der Waals surface area contributed by atoms with Gasteiger partial charge in [0.05, 0.1) is 12.0 Å². The van der Waals surface area contributed by atoms with Gasteiger partial charge in [0.1, 0.15) is 5.75 Å². The van der Waals surface area contributed by atoms with Crippen molar-refractivity contribution in [2.75, 3.05) is 26.8 Å². The summed E-state index contributed by atoms with van der Waals surface area (Å²) < 4.78 is 10.3. The molecule has 1 aliphatic heterocycles. The zero-order valence-corrected chi connectivity index (χ0v) is 12.9. The number of nitrogens with two attached hydrogens (primary N) is 1. The molecule has 9 heteroatoms. The molecule has 0 radical (unpaired) electrons. The molecule has 0 aromatic heterocycles. The lowest BCUT2D eigenvalue weighted by atomic mass is 10.3. The lowest BCUT2D eigenvalue weighted by Gasteiger charge is -2.16. The molecular weight excluding hydrogens is 314 g/mol. The number of halogens is 1. The summed E-state index contributed by atoms with van der Waals surface area (Å²) in [7, 11) is 1.34. The van der Waals surface area contributed by atoms with Gasteiger partial charge in [0, 0.05) is 31.3 Å².